The van der Waals surface area contributed by atoms with Gasteiger partial charge in [-0.1, -0.05) is 0 Å². The predicted octanol–water partition coefficient (Wildman–Crippen LogP) is 1.61. The Kier molecular flexibility index (Phi) is 2.58. The third-order valence-electron chi connectivity index (χ3n) is 5.09. The van der Waals surface area contributed by atoms with Crippen LogP contribution in [0, 0.1) is 11.8 Å². The minimum atomic E-state index is -0.0148. The molecular formula is C16H20N2O2. The average molecular weight is 272 g/mol. The normalized spacial score (nSPS) is 37.9. The van der Waals surface area contributed by atoms with Crippen LogP contribution in [-0.4, -0.2) is 41.1 Å². The second-order valence-electron chi connectivity index (χ2n) is 6.85. The smallest absolute Gasteiger partial charge is 0.251 e. The number of nitrogens with zero attached hydrogens (tertiary/aromatic N) is 1. The molecule has 3 aliphatic heterocycles. The van der Waals surface area contributed by atoms with E-state index in [1.807, 2.05) is 0 Å². The molecule has 4 heteroatoms. The van der Waals surface area contributed by atoms with Gasteiger partial charge in [-0.05, 0) is 55.4 Å². The Bertz CT molecular complexity index is 503. The van der Waals surface area contributed by atoms with E-state index in [9.17, 15) is 9.90 Å². The summed E-state index contributed by atoms with van der Waals surface area (Å²) in [7, 11) is 0. The van der Waals surface area contributed by atoms with Crippen LogP contribution in [0.5, 0.6) is 5.75 Å². The summed E-state index contributed by atoms with van der Waals surface area (Å²) in [6, 6.07) is 6.51. The van der Waals surface area contributed by atoms with Gasteiger partial charge in [-0.3, -0.25) is 4.79 Å². The summed E-state index contributed by atoms with van der Waals surface area (Å²) >= 11 is 0. The number of hydrogen-bond donors (Lipinski definition) is 2. The molecular weight excluding hydrogens is 252 g/mol. The Balaban J connectivity index is 1.53. The Morgan fingerprint density at radius 2 is 1.85 bits per heavy atom. The fourth-order valence-electron chi connectivity index (χ4n) is 4.66. The number of benzene rings is 1. The van der Waals surface area contributed by atoms with Gasteiger partial charge in [0.25, 0.3) is 5.91 Å². The van der Waals surface area contributed by atoms with Crippen LogP contribution in [0.2, 0.25) is 0 Å². The number of carbonyl (C=O) groups is 1. The van der Waals surface area contributed by atoms with Gasteiger partial charge in [0.2, 0.25) is 0 Å². The zero-order chi connectivity index (χ0) is 13.7. The molecule has 0 aromatic heterocycles. The maximum Gasteiger partial charge on any atom is 0.251 e. The molecule has 2 atom stereocenters. The maximum absolute atomic E-state index is 12.4. The van der Waals surface area contributed by atoms with Crippen molar-refractivity contribution < 1.29 is 9.90 Å². The zero-order valence-electron chi connectivity index (χ0n) is 11.5. The van der Waals surface area contributed by atoms with Crippen LogP contribution in [-0.2, 0) is 0 Å². The fraction of sp³-hybridized carbons (Fsp3) is 0.562. The van der Waals surface area contributed by atoms with Crippen LogP contribution in [0.1, 0.15) is 29.6 Å². The van der Waals surface area contributed by atoms with E-state index in [1.165, 1.54) is 19.5 Å². The van der Waals surface area contributed by atoms with E-state index in [2.05, 4.69) is 10.2 Å². The first-order chi connectivity index (χ1) is 9.62. The molecule has 5 rings (SSSR count). The standard InChI is InChI=1S/C16H20N2O2/c19-14-3-1-13(2-4-14)15(20)17-16-6-11-5-12(7-16)9-18(8-11)10-16/h1-4,11-12,19H,5-10H2,(H,17,20). The molecule has 2 N–H and O–H groups in total. The number of phenols is 1. The maximum atomic E-state index is 12.4. The topological polar surface area (TPSA) is 52.6 Å². The molecule has 0 radical (unpaired) electrons. The molecule has 0 spiro atoms. The summed E-state index contributed by atoms with van der Waals surface area (Å²) in [5, 5.41) is 12.6. The van der Waals surface area contributed by atoms with Gasteiger partial charge in [0.05, 0.1) is 5.54 Å². The van der Waals surface area contributed by atoms with Gasteiger partial charge >= 0.3 is 0 Å². The van der Waals surface area contributed by atoms with Crippen LogP contribution >= 0.6 is 0 Å². The molecule has 1 aromatic rings. The number of carbonyl (C=O) groups excluding carboxylic acids is 1. The molecule has 2 unspecified atom stereocenters. The molecule has 4 aliphatic rings. The molecule has 1 saturated carbocycles. The van der Waals surface area contributed by atoms with Crippen molar-refractivity contribution in [3.8, 4) is 5.75 Å². The molecule has 1 aromatic carbocycles. The van der Waals surface area contributed by atoms with Crippen molar-refractivity contribution in [2.24, 2.45) is 11.8 Å². The molecule has 1 amide bonds. The minimum Gasteiger partial charge on any atom is -0.508 e. The third-order valence-corrected chi connectivity index (χ3v) is 5.09. The predicted molar refractivity (Wildman–Crippen MR) is 75.6 cm³/mol. The van der Waals surface area contributed by atoms with Crippen LogP contribution in [0.3, 0.4) is 0 Å². The van der Waals surface area contributed by atoms with Gasteiger partial charge < -0.3 is 15.3 Å². The van der Waals surface area contributed by atoms with Crippen molar-refractivity contribution in [2.75, 3.05) is 19.6 Å². The van der Waals surface area contributed by atoms with E-state index in [0.717, 1.165) is 31.2 Å². The largest absolute Gasteiger partial charge is 0.508 e. The molecule has 4 nitrogen and oxygen atoms in total. The number of amides is 1. The van der Waals surface area contributed by atoms with Crippen LogP contribution in [0.25, 0.3) is 0 Å². The van der Waals surface area contributed by atoms with Crippen molar-refractivity contribution >= 4 is 5.91 Å². The summed E-state index contributed by atoms with van der Waals surface area (Å²) in [5.41, 5.74) is 0.618. The van der Waals surface area contributed by atoms with E-state index >= 15 is 0 Å². The number of phenolic OH excluding ortho intramolecular Hbond substituents is 1. The highest BCUT2D eigenvalue weighted by Crippen LogP contribution is 2.45. The summed E-state index contributed by atoms with van der Waals surface area (Å²) in [6.45, 7) is 3.44. The van der Waals surface area contributed by atoms with Gasteiger partial charge in [-0.2, -0.15) is 0 Å². The van der Waals surface area contributed by atoms with Crippen molar-refractivity contribution in [1.82, 2.24) is 10.2 Å². The van der Waals surface area contributed by atoms with Crippen molar-refractivity contribution in [1.29, 1.82) is 0 Å². The summed E-state index contributed by atoms with van der Waals surface area (Å²) in [6.07, 6.45) is 3.60. The monoisotopic (exact) mass is 272 g/mol. The van der Waals surface area contributed by atoms with E-state index in [0.29, 0.717) is 5.56 Å². The van der Waals surface area contributed by atoms with Crippen molar-refractivity contribution in [3.63, 3.8) is 0 Å². The first kappa shape index (κ1) is 12.2. The van der Waals surface area contributed by atoms with Crippen molar-refractivity contribution in [2.45, 2.75) is 24.8 Å². The lowest BCUT2D eigenvalue weighted by Gasteiger charge is -2.58. The number of piperidine rings is 3. The van der Waals surface area contributed by atoms with E-state index < -0.39 is 0 Å². The quantitative estimate of drug-likeness (QED) is 0.860. The van der Waals surface area contributed by atoms with Crippen molar-refractivity contribution in [3.05, 3.63) is 29.8 Å². The van der Waals surface area contributed by atoms with E-state index in [-0.39, 0.29) is 17.2 Å². The van der Waals surface area contributed by atoms with Gasteiger partial charge in [-0.15, -0.1) is 0 Å². The lowest BCUT2D eigenvalue weighted by atomic mass is 9.64. The summed E-state index contributed by atoms with van der Waals surface area (Å²) in [4.78, 5) is 14.9. The Hall–Kier alpha value is -1.55. The highest BCUT2D eigenvalue weighted by Gasteiger charge is 2.50. The van der Waals surface area contributed by atoms with Crippen LogP contribution in [0.4, 0.5) is 0 Å². The third kappa shape index (κ3) is 1.99. The lowest BCUT2D eigenvalue weighted by molar-refractivity contribution is -0.0460. The number of hydrogen-bond acceptors (Lipinski definition) is 3. The second-order valence-corrected chi connectivity index (χ2v) is 6.85. The van der Waals surface area contributed by atoms with Gasteiger partial charge in [-0.25, -0.2) is 0 Å². The Morgan fingerprint density at radius 1 is 1.20 bits per heavy atom. The number of aromatic hydroxyl groups is 1. The van der Waals surface area contributed by atoms with Crippen LogP contribution < -0.4 is 5.32 Å². The number of rotatable bonds is 2. The fourth-order valence-corrected chi connectivity index (χ4v) is 4.66. The molecule has 4 bridgehead atoms. The molecule has 3 saturated heterocycles. The molecule has 1 aliphatic carbocycles. The highest BCUT2D eigenvalue weighted by atomic mass is 16.3. The van der Waals surface area contributed by atoms with E-state index in [4.69, 9.17) is 0 Å². The summed E-state index contributed by atoms with van der Waals surface area (Å²) in [5.74, 6) is 1.71. The number of nitrogens with one attached hydrogen (secondary N) is 1. The Morgan fingerprint density at radius 3 is 2.45 bits per heavy atom. The second kappa shape index (κ2) is 4.22. The first-order valence-electron chi connectivity index (χ1n) is 7.46. The molecule has 20 heavy (non-hydrogen) atoms. The SMILES string of the molecule is O=C(NC12CC3CC(CN(C3)C1)C2)c1ccc(O)cc1. The van der Waals surface area contributed by atoms with Gasteiger partial charge in [0.15, 0.2) is 0 Å². The lowest BCUT2D eigenvalue weighted by Crippen LogP contribution is -2.68. The highest BCUT2D eigenvalue weighted by molar-refractivity contribution is 5.94. The average Bonchev–Trinajstić information content (AvgIpc) is 2.37. The summed E-state index contributed by atoms with van der Waals surface area (Å²) < 4.78 is 0. The molecule has 4 fully saturated rings. The van der Waals surface area contributed by atoms with E-state index in [1.54, 1.807) is 24.3 Å². The zero-order valence-corrected chi connectivity index (χ0v) is 11.5. The minimum absolute atomic E-state index is 0.00634. The van der Waals surface area contributed by atoms with Gasteiger partial charge in [0.1, 0.15) is 5.75 Å². The first-order valence-corrected chi connectivity index (χ1v) is 7.46. The molecule has 3 heterocycles. The molecule has 106 valence electrons. The van der Waals surface area contributed by atoms with Gasteiger partial charge in [0, 0.05) is 25.2 Å². The van der Waals surface area contributed by atoms with Crippen LogP contribution in [0.15, 0.2) is 24.3 Å². The Labute approximate surface area is 118 Å².